The molecule has 2 aromatic rings. The van der Waals surface area contributed by atoms with Crippen molar-refractivity contribution in [1.29, 1.82) is 0 Å². The first-order valence-electron chi connectivity index (χ1n) is 6.45. The van der Waals surface area contributed by atoms with Crippen LogP contribution < -0.4 is 10.1 Å². The number of nitrogens with one attached hydrogen (secondary N) is 1. The lowest BCUT2D eigenvalue weighted by molar-refractivity contribution is 0.301. The third kappa shape index (κ3) is 4.29. The maximum absolute atomic E-state index is 6.05. The Morgan fingerprint density at radius 3 is 2.85 bits per heavy atom. The molecule has 0 atom stereocenters. The molecule has 20 heavy (non-hydrogen) atoms. The lowest BCUT2D eigenvalue weighted by atomic mass is 10.3. The van der Waals surface area contributed by atoms with Gasteiger partial charge in [-0.1, -0.05) is 30.1 Å². The molecule has 0 radical (unpaired) electrons. The van der Waals surface area contributed by atoms with E-state index in [1.54, 1.807) is 24.4 Å². The van der Waals surface area contributed by atoms with Gasteiger partial charge >= 0.3 is 0 Å². The van der Waals surface area contributed by atoms with Gasteiger partial charge in [0.05, 0.1) is 10.7 Å². The molecule has 1 aromatic heterocycles. The average molecular weight is 311 g/mol. The second-order valence-corrected chi connectivity index (χ2v) is 5.17. The molecule has 1 heterocycles. The van der Waals surface area contributed by atoms with Gasteiger partial charge in [0.15, 0.2) is 0 Å². The van der Waals surface area contributed by atoms with E-state index in [1.165, 1.54) is 0 Å². The number of rotatable bonds is 6. The molecule has 0 aliphatic rings. The minimum absolute atomic E-state index is 0.349. The molecule has 106 valence electrons. The molecule has 5 heteroatoms. The van der Waals surface area contributed by atoms with Crippen LogP contribution in [0.3, 0.4) is 0 Å². The Bertz CT molecular complexity index is 576. The van der Waals surface area contributed by atoms with Gasteiger partial charge in [-0.15, -0.1) is 0 Å². The summed E-state index contributed by atoms with van der Waals surface area (Å²) in [4.78, 5) is 4.27. The zero-order valence-electron chi connectivity index (χ0n) is 11.2. The summed E-state index contributed by atoms with van der Waals surface area (Å²) in [6.07, 6.45) is 2.84. The normalized spacial score (nSPS) is 10.3. The van der Waals surface area contributed by atoms with Gasteiger partial charge in [-0.3, -0.25) is 4.98 Å². The van der Waals surface area contributed by atoms with Crippen molar-refractivity contribution in [3.05, 3.63) is 52.3 Å². The predicted octanol–water partition coefficient (Wildman–Crippen LogP) is 4.79. The number of hydrogen-bond donors (Lipinski definition) is 1. The summed E-state index contributed by atoms with van der Waals surface area (Å²) in [6.45, 7) is 3.41. The summed E-state index contributed by atoms with van der Waals surface area (Å²) in [6, 6.07) is 9.04. The van der Waals surface area contributed by atoms with Crippen molar-refractivity contribution in [1.82, 2.24) is 4.98 Å². The van der Waals surface area contributed by atoms with E-state index in [-0.39, 0.29) is 0 Å². The molecule has 0 bridgehead atoms. The number of halogens is 2. The summed E-state index contributed by atoms with van der Waals surface area (Å²) >= 11 is 12.0. The van der Waals surface area contributed by atoms with E-state index in [2.05, 4.69) is 17.2 Å². The van der Waals surface area contributed by atoms with Crippen molar-refractivity contribution in [2.75, 3.05) is 11.9 Å². The maximum atomic E-state index is 6.05. The molecule has 0 fully saturated rings. The molecule has 3 nitrogen and oxygen atoms in total. The summed E-state index contributed by atoms with van der Waals surface area (Å²) in [5.74, 6) is 0.563. The second-order valence-electron chi connectivity index (χ2n) is 4.33. The minimum atomic E-state index is 0.349. The second kappa shape index (κ2) is 7.36. The summed E-state index contributed by atoms with van der Waals surface area (Å²) in [5, 5.41) is 4.44. The first kappa shape index (κ1) is 14.9. The van der Waals surface area contributed by atoms with Crippen molar-refractivity contribution in [2.24, 2.45) is 0 Å². The summed E-state index contributed by atoms with van der Waals surface area (Å²) in [7, 11) is 0. The Morgan fingerprint density at radius 1 is 1.20 bits per heavy atom. The minimum Gasteiger partial charge on any atom is -0.486 e. The molecule has 0 spiro atoms. The lowest BCUT2D eigenvalue weighted by Gasteiger charge is -2.09. The lowest BCUT2D eigenvalue weighted by Crippen LogP contribution is -2.03. The van der Waals surface area contributed by atoms with Crippen LogP contribution in [-0.4, -0.2) is 11.5 Å². The fourth-order valence-corrected chi connectivity index (χ4v) is 2.01. The van der Waals surface area contributed by atoms with Gasteiger partial charge in [0.2, 0.25) is 0 Å². The van der Waals surface area contributed by atoms with E-state index in [9.17, 15) is 0 Å². The molecule has 0 saturated carbocycles. The molecule has 0 unspecified atom stereocenters. The highest BCUT2D eigenvalue weighted by Gasteiger charge is 2.04. The topological polar surface area (TPSA) is 34.2 Å². The van der Waals surface area contributed by atoms with Crippen molar-refractivity contribution >= 4 is 28.9 Å². The maximum Gasteiger partial charge on any atom is 0.139 e. The molecule has 0 aliphatic carbocycles. The van der Waals surface area contributed by atoms with Crippen molar-refractivity contribution in [3.8, 4) is 5.75 Å². The Labute approximate surface area is 128 Å². The monoisotopic (exact) mass is 310 g/mol. The number of pyridine rings is 1. The highest BCUT2D eigenvalue weighted by Crippen LogP contribution is 2.28. The Balaban J connectivity index is 2.01. The first-order valence-corrected chi connectivity index (χ1v) is 7.21. The molecule has 0 amide bonds. The smallest absolute Gasteiger partial charge is 0.139 e. The zero-order chi connectivity index (χ0) is 14.4. The van der Waals surface area contributed by atoms with Crippen LogP contribution in [0.1, 0.15) is 19.0 Å². The van der Waals surface area contributed by atoms with Crippen LogP contribution in [0.4, 0.5) is 5.69 Å². The van der Waals surface area contributed by atoms with Crippen molar-refractivity contribution < 1.29 is 4.74 Å². The van der Waals surface area contributed by atoms with Gasteiger partial charge in [-0.25, -0.2) is 0 Å². The molecule has 1 aromatic carbocycles. The number of nitrogens with zero attached hydrogens (tertiary/aromatic N) is 1. The van der Waals surface area contributed by atoms with Crippen LogP contribution in [0, 0.1) is 0 Å². The van der Waals surface area contributed by atoms with Gasteiger partial charge < -0.3 is 10.1 Å². The van der Waals surface area contributed by atoms with Gasteiger partial charge in [0.1, 0.15) is 12.4 Å². The third-order valence-electron chi connectivity index (χ3n) is 2.66. The van der Waals surface area contributed by atoms with Crippen molar-refractivity contribution in [3.63, 3.8) is 0 Å². The van der Waals surface area contributed by atoms with E-state index >= 15 is 0 Å². The number of hydrogen-bond acceptors (Lipinski definition) is 3. The van der Waals surface area contributed by atoms with Gasteiger partial charge in [-0.2, -0.15) is 0 Å². The van der Waals surface area contributed by atoms with Crippen LogP contribution in [0.25, 0.3) is 0 Å². The predicted molar refractivity (Wildman–Crippen MR) is 83.8 cm³/mol. The third-order valence-corrected chi connectivity index (χ3v) is 3.21. The van der Waals surface area contributed by atoms with E-state index < -0.39 is 0 Å². The molecule has 2 rings (SSSR count). The summed E-state index contributed by atoms with van der Waals surface area (Å²) < 4.78 is 5.66. The molecule has 1 N–H and O–H groups in total. The standard InChI is InChI=1S/C15H16Cl2N2O/c1-2-6-18-12-5-7-19-13(9-12)10-20-15-8-11(16)3-4-14(15)17/h3-5,7-9H,2,6,10H2,1H3,(H,18,19). The zero-order valence-corrected chi connectivity index (χ0v) is 12.7. The van der Waals surface area contributed by atoms with E-state index in [1.807, 2.05) is 12.1 Å². The first-order chi connectivity index (χ1) is 9.69. The quantitative estimate of drug-likeness (QED) is 0.833. The fraction of sp³-hybridized carbons (Fsp3) is 0.267. The molecular formula is C15H16Cl2N2O. The molecule has 0 aliphatic heterocycles. The largest absolute Gasteiger partial charge is 0.486 e. The van der Waals surface area contributed by atoms with E-state index in [4.69, 9.17) is 27.9 Å². The number of anilines is 1. The van der Waals surface area contributed by atoms with Gasteiger partial charge in [0.25, 0.3) is 0 Å². The number of aromatic nitrogens is 1. The number of benzene rings is 1. The Morgan fingerprint density at radius 2 is 2.05 bits per heavy atom. The van der Waals surface area contributed by atoms with E-state index in [0.29, 0.717) is 22.4 Å². The SMILES string of the molecule is CCCNc1ccnc(COc2cc(Cl)ccc2Cl)c1. The van der Waals surface area contributed by atoms with Crippen LogP contribution in [0.5, 0.6) is 5.75 Å². The van der Waals surface area contributed by atoms with Crippen molar-refractivity contribution in [2.45, 2.75) is 20.0 Å². The molecular weight excluding hydrogens is 295 g/mol. The Kier molecular flexibility index (Phi) is 5.50. The summed E-state index contributed by atoms with van der Waals surface area (Å²) in [5.41, 5.74) is 1.87. The van der Waals surface area contributed by atoms with Gasteiger partial charge in [-0.05, 0) is 30.7 Å². The average Bonchev–Trinajstić information content (AvgIpc) is 2.46. The van der Waals surface area contributed by atoms with E-state index in [0.717, 1.165) is 24.3 Å². The highest BCUT2D eigenvalue weighted by molar-refractivity contribution is 6.34. The van der Waals surface area contributed by atoms with Crippen LogP contribution in [0.15, 0.2) is 36.5 Å². The fourth-order valence-electron chi connectivity index (χ4n) is 1.68. The Hall–Kier alpha value is -1.45. The van der Waals surface area contributed by atoms with Crippen LogP contribution in [0.2, 0.25) is 10.0 Å². The van der Waals surface area contributed by atoms with Gasteiger partial charge in [0, 0.05) is 29.5 Å². The highest BCUT2D eigenvalue weighted by atomic mass is 35.5. The van der Waals surface area contributed by atoms with Crippen LogP contribution in [-0.2, 0) is 6.61 Å². The molecule has 0 saturated heterocycles. The number of ether oxygens (including phenoxy) is 1. The van der Waals surface area contributed by atoms with Crippen LogP contribution >= 0.6 is 23.2 Å².